The van der Waals surface area contributed by atoms with Crippen LogP contribution in [0.4, 0.5) is 0 Å². The SMILES string of the molecule is COC(=O)c1cccc(CS(=O)(=O)N2CCC[C@H]2C(=O)O)c1. The van der Waals surface area contributed by atoms with Crippen LogP contribution < -0.4 is 0 Å². The average molecular weight is 327 g/mol. The Kier molecular flexibility index (Phi) is 4.82. The zero-order valence-corrected chi connectivity index (χ0v) is 12.9. The lowest BCUT2D eigenvalue weighted by molar-refractivity contribution is -0.140. The van der Waals surface area contributed by atoms with Crippen molar-refractivity contribution in [2.75, 3.05) is 13.7 Å². The summed E-state index contributed by atoms with van der Waals surface area (Å²) in [5.74, 6) is -2.03. The lowest BCUT2D eigenvalue weighted by Gasteiger charge is -2.21. The standard InChI is InChI=1S/C14H17NO6S/c1-21-14(18)11-5-2-4-10(8-11)9-22(19,20)15-7-3-6-12(15)13(16)17/h2,4-5,8,12H,3,6-7,9H2,1H3,(H,16,17)/t12-/m0/s1. The molecule has 1 saturated heterocycles. The predicted octanol–water partition coefficient (Wildman–Crippen LogP) is 0.852. The van der Waals surface area contributed by atoms with Crippen molar-refractivity contribution in [3.8, 4) is 0 Å². The van der Waals surface area contributed by atoms with Crippen LogP contribution in [0.1, 0.15) is 28.8 Å². The molecule has 0 spiro atoms. The number of methoxy groups -OCH3 is 1. The Morgan fingerprint density at radius 1 is 1.41 bits per heavy atom. The van der Waals surface area contributed by atoms with Gasteiger partial charge in [0.15, 0.2) is 0 Å². The quantitative estimate of drug-likeness (QED) is 0.805. The average Bonchev–Trinajstić information content (AvgIpc) is 2.97. The molecule has 0 radical (unpaired) electrons. The number of nitrogens with zero attached hydrogens (tertiary/aromatic N) is 1. The first-order valence-electron chi connectivity index (χ1n) is 6.75. The third-order valence-corrected chi connectivity index (χ3v) is 5.39. The van der Waals surface area contributed by atoms with Gasteiger partial charge in [0.2, 0.25) is 10.0 Å². The van der Waals surface area contributed by atoms with Gasteiger partial charge >= 0.3 is 11.9 Å². The van der Waals surface area contributed by atoms with Crippen molar-refractivity contribution in [3.05, 3.63) is 35.4 Å². The maximum Gasteiger partial charge on any atom is 0.337 e. The fraction of sp³-hybridized carbons (Fsp3) is 0.429. The van der Waals surface area contributed by atoms with Gasteiger partial charge in [0.1, 0.15) is 6.04 Å². The summed E-state index contributed by atoms with van der Waals surface area (Å²) in [4.78, 5) is 22.6. The van der Waals surface area contributed by atoms with Crippen molar-refractivity contribution in [1.29, 1.82) is 0 Å². The van der Waals surface area contributed by atoms with E-state index in [9.17, 15) is 18.0 Å². The van der Waals surface area contributed by atoms with Crippen molar-refractivity contribution in [3.63, 3.8) is 0 Å². The molecule has 1 aromatic carbocycles. The highest BCUT2D eigenvalue weighted by molar-refractivity contribution is 7.88. The Hall–Kier alpha value is -1.93. The minimum Gasteiger partial charge on any atom is -0.480 e. The fourth-order valence-corrected chi connectivity index (χ4v) is 4.28. The molecule has 0 aromatic heterocycles. The Balaban J connectivity index is 2.22. The van der Waals surface area contributed by atoms with Crippen molar-refractivity contribution in [1.82, 2.24) is 4.31 Å². The summed E-state index contributed by atoms with van der Waals surface area (Å²) in [7, 11) is -2.51. The van der Waals surface area contributed by atoms with Gasteiger partial charge in [-0.1, -0.05) is 12.1 Å². The largest absolute Gasteiger partial charge is 0.480 e. The third kappa shape index (κ3) is 3.45. The Morgan fingerprint density at radius 3 is 2.77 bits per heavy atom. The molecule has 22 heavy (non-hydrogen) atoms. The summed E-state index contributed by atoms with van der Waals surface area (Å²) in [6.07, 6.45) is 0.842. The first kappa shape index (κ1) is 16.4. The smallest absolute Gasteiger partial charge is 0.337 e. The van der Waals surface area contributed by atoms with Crippen molar-refractivity contribution in [2.24, 2.45) is 0 Å². The second-order valence-corrected chi connectivity index (χ2v) is 6.98. The molecule has 1 fully saturated rings. The van der Waals surface area contributed by atoms with Crippen LogP contribution in [0.25, 0.3) is 0 Å². The van der Waals surface area contributed by atoms with Gasteiger partial charge in [-0.3, -0.25) is 4.79 Å². The number of carboxylic acid groups (broad SMARTS) is 1. The summed E-state index contributed by atoms with van der Waals surface area (Å²) >= 11 is 0. The predicted molar refractivity (Wildman–Crippen MR) is 77.8 cm³/mol. The van der Waals surface area contributed by atoms with E-state index in [-0.39, 0.29) is 17.9 Å². The summed E-state index contributed by atoms with van der Waals surface area (Å²) in [6, 6.07) is 5.10. The lowest BCUT2D eigenvalue weighted by atomic mass is 10.1. The van der Waals surface area contributed by atoms with Crippen LogP contribution in [0.15, 0.2) is 24.3 Å². The molecule has 2 rings (SSSR count). The summed E-state index contributed by atoms with van der Waals surface area (Å²) in [6.45, 7) is 0.204. The molecule has 0 aliphatic carbocycles. The van der Waals surface area contributed by atoms with Gasteiger partial charge in [-0.25, -0.2) is 13.2 Å². The molecule has 7 nitrogen and oxygen atoms in total. The lowest BCUT2D eigenvalue weighted by Crippen LogP contribution is -2.40. The number of sulfonamides is 1. The number of ether oxygens (including phenoxy) is 1. The van der Waals surface area contributed by atoms with E-state index < -0.39 is 28.0 Å². The number of hydrogen-bond donors (Lipinski definition) is 1. The number of benzene rings is 1. The van der Waals surface area contributed by atoms with Crippen LogP contribution in [0.5, 0.6) is 0 Å². The highest BCUT2D eigenvalue weighted by Crippen LogP contribution is 2.24. The summed E-state index contributed by atoms with van der Waals surface area (Å²) in [5, 5.41) is 9.09. The van der Waals surface area contributed by atoms with Gasteiger partial charge in [0, 0.05) is 6.54 Å². The zero-order chi connectivity index (χ0) is 16.3. The van der Waals surface area contributed by atoms with Gasteiger partial charge in [-0.05, 0) is 30.5 Å². The summed E-state index contributed by atoms with van der Waals surface area (Å²) < 4.78 is 30.4. The summed E-state index contributed by atoms with van der Waals surface area (Å²) in [5.41, 5.74) is 0.672. The number of hydrogen-bond acceptors (Lipinski definition) is 5. The number of carboxylic acids is 1. The second kappa shape index (κ2) is 6.45. The van der Waals surface area contributed by atoms with E-state index in [0.717, 1.165) is 4.31 Å². The normalized spacial score (nSPS) is 19.0. The minimum absolute atomic E-state index is 0.204. The molecule has 0 unspecified atom stereocenters. The van der Waals surface area contributed by atoms with Crippen molar-refractivity contribution < 1.29 is 27.9 Å². The number of carbonyl (C=O) groups excluding carboxylic acids is 1. The topological polar surface area (TPSA) is 101 Å². The Bertz CT molecular complexity index is 684. The van der Waals surface area contributed by atoms with Crippen LogP contribution >= 0.6 is 0 Å². The molecule has 120 valence electrons. The molecule has 8 heteroatoms. The minimum atomic E-state index is -3.76. The van der Waals surface area contributed by atoms with Gasteiger partial charge in [0.05, 0.1) is 18.4 Å². The molecule has 0 amide bonds. The second-order valence-electron chi connectivity index (χ2n) is 5.06. The molecule has 0 bridgehead atoms. The molecule has 1 heterocycles. The van der Waals surface area contributed by atoms with Gasteiger partial charge in [-0.2, -0.15) is 4.31 Å². The molecule has 1 aliphatic rings. The monoisotopic (exact) mass is 327 g/mol. The molecule has 1 atom stereocenters. The zero-order valence-electron chi connectivity index (χ0n) is 12.1. The number of esters is 1. The van der Waals surface area contributed by atoms with Crippen LogP contribution in [0.3, 0.4) is 0 Å². The molecule has 0 saturated carbocycles. The molecule has 1 N–H and O–H groups in total. The van der Waals surface area contributed by atoms with E-state index in [1.54, 1.807) is 12.1 Å². The first-order valence-corrected chi connectivity index (χ1v) is 8.35. The van der Waals surface area contributed by atoms with Crippen molar-refractivity contribution in [2.45, 2.75) is 24.6 Å². The number of rotatable bonds is 5. The van der Waals surface area contributed by atoms with Crippen molar-refractivity contribution >= 4 is 22.0 Å². The number of aliphatic carboxylic acids is 1. The Morgan fingerprint density at radius 2 is 2.14 bits per heavy atom. The van der Waals surface area contributed by atoms with Crippen LogP contribution in [-0.2, 0) is 25.3 Å². The van der Waals surface area contributed by atoms with Gasteiger partial charge in [-0.15, -0.1) is 0 Å². The van der Waals surface area contributed by atoms with E-state index in [4.69, 9.17) is 5.11 Å². The van der Waals surface area contributed by atoms with E-state index in [1.165, 1.54) is 19.2 Å². The third-order valence-electron chi connectivity index (χ3n) is 3.54. The molecule has 1 aromatic rings. The van der Waals surface area contributed by atoms with E-state index in [1.807, 2.05) is 0 Å². The van der Waals surface area contributed by atoms with Crippen LogP contribution in [0, 0.1) is 0 Å². The highest BCUT2D eigenvalue weighted by Gasteiger charge is 2.38. The highest BCUT2D eigenvalue weighted by atomic mass is 32.2. The maximum atomic E-state index is 12.4. The molecule has 1 aliphatic heterocycles. The van der Waals surface area contributed by atoms with Crippen LogP contribution in [0.2, 0.25) is 0 Å². The van der Waals surface area contributed by atoms with Crippen LogP contribution in [-0.4, -0.2) is 49.5 Å². The fourth-order valence-electron chi connectivity index (χ4n) is 2.52. The first-order chi connectivity index (χ1) is 10.3. The van der Waals surface area contributed by atoms with E-state index in [0.29, 0.717) is 18.4 Å². The van der Waals surface area contributed by atoms with E-state index >= 15 is 0 Å². The van der Waals surface area contributed by atoms with Gasteiger partial charge in [0.25, 0.3) is 0 Å². The molecular weight excluding hydrogens is 310 g/mol. The van der Waals surface area contributed by atoms with E-state index in [2.05, 4.69) is 4.74 Å². The van der Waals surface area contributed by atoms with Gasteiger partial charge < -0.3 is 9.84 Å². The molecular formula is C14H17NO6S. The Labute approximate surface area is 128 Å². The number of carbonyl (C=O) groups is 2. The maximum absolute atomic E-state index is 12.4.